The van der Waals surface area contributed by atoms with Crippen molar-refractivity contribution in [1.29, 1.82) is 0 Å². The number of aryl methyl sites for hydroxylation is 1. The highest BCUT2D eigenvalue weighted by atomic mass is 32.1. The fourth-order valence-electron chi connectivity index (χ4n) is 3.36. The Bertz CT molecular complexity index is 879. The second kappa shape index (κ2) is 8.99. The Morgan fingerprint density at radius 2 is 1.72 bits per heavy atom. The summed E-state index contributed by atoms with van der Waals surface area (Å²) in [4.78, 5) is 27.1. The third-order valence-electron chi connectivity index (χ3n) is 4.98. The first kappa shape index (κ1) is 21.4. The van der Waals surface area contributed by atoms with Crippen LogP contribution in [0.3, 0.4) is 0 Å². The van der Waals surface area contributed by atoms with E-state index in [0.717, 1.165) is 37.0 Å². The number of hydrogen-bond donors (Lipinski definition) is 2. The van der Waals surface area contributed by atoms with Gasteiger partial charge in [-0.3, -0.25) is 9.59 Å². The molecule has 156 valence electrons. The Morgan fingerprint density at radius 3 is 2.38 bits per heavy atom. The average molecular weight is 415 g/mol. The van der Waals surface area contributed by atoms with Gasteiger partial charge < -0.3 is 15.4 Å². The molecule has 1 aromatic heterocycles. The van der Waals surface area contributed by atoms with Crippen LogP contribution in [-0.2, 0) is 17.6 Å². The van der Waals surface area contributed by atoms with Gasteiger partial charge in [0.15, 0.2) is 0 Å². The summed E-state index contributed by atoms with van der Waals surface area (Å²) in [5.74, 6) is 0.523. The van der Waals surface area contributed by atoms with Gasteiger partial charge in [-0.15, -0.1) is 11.3 Å². The summed E-state index contributed by atoms with van der Waals surface area (Å²) in [6, 6.07) is 7.35. The molecule has 0 fully saturated rings. The maximum absolute atomic E-state index is 13.2. The molecular formula is C23H30N2O3S. The first-order chi connectivity index (χ1) is 13.8. The first-order valence-electron chi connectivity index (χ1n) is 10.3. The molecule has 1 aromatic carbocycles. The van der Waals surface area contributed by atoms with E-state index in [9.17, 15) is 9.59 Å². The highest BCUT2D eigenvalue weighted by Gasteiger charge is 2.28. The van der Waals surface area contributed by atoms with Crippen LogP contribution in [0.2, 0.25) is 0 Å². The van der Waals surface area contributed by atoms with Crippen molar-refractivity contribution in [3.8, 4) is 5.75 Å². The largest absolute Gasteiger partial charge is 0.494 e. The van der Waals surface area contributed by atoms with Crippen molar-refractivity contribution in [2.24, 2.45) is 5.41 Å². The van der Waals surface area contributed by atoms with Crippen molar-refractivity contribution >= 4 is 33.8 Å². The summed E-state index contributed by atoms with van der Waals surface area (Å²) < 4.78 is 5.46. The van der Waals surface area contributed by atoms with Crippen LogP contribution in [0.4, 0.5) is 10.7 Å². The third kappa shape index (κ3) is 5.18. The SMILES string of the molecule is CCOc1ccc(NC(=O)c2c(NC(=O)C(C)(C)C)sc3c2CCCCC3)cc1. The highest BCUT2D eigenvalue weighted by molar-refractivity contribution is 7.17. The summed E-state index contributed by atoms with van der Waals surface area (Å²) in [5, 5.41) is 6.68. The number of fused-ring (bicyclic) bond motifs is 1. The molecule has 1 heterocycles. The Labute approximate surface area is 176 Å². The van der Waals surface area contributed by atoms with Crippen LogP contribution in [0, 0.1) is 5.41 Å². The van der Waals surface area contributed by atoms with Gasteiger partial charge in [-0.1, -0.05) is 27.2 Å². The molecule has 0 saturated carbocycles. The first-order valence-corrected chi connectivity index (χ1v) is 11.1. The minimum atomic E-state index is -0.524. The average Bonchev–Trinajstić information content (AvgIpc) is 2.83. The normalized spacial score (nSPS) is 13.9. The number of benzene rings is 1. The molecule has 5 nitrogen and oxygen atoms in total. The molecule has 0 atom stereocenters. The van der Waals surface area contributed by atoms with E-state index in [0.29, 0.717) is 22.9 Å². The lowest BCUT2D eigenvalue weighted by molar-refractivity contribution is -0.123. The molecule has 2 amide bonds. The van der Waals surface area contributed by atoms with Crippen molar-refractivity contribution in [2.45, 2.75) is 59.8 Å². The Hall–Kier alpha value is -2.34. The molecule has 3 rings (SSSR count). The molecule has 29 heavy (non-hydrogen) atoms. The van der Waals surface area contributed by atoms with Gasteiger partial charge in [-0.25, -0.2) is 0 Å². The van der Waals surface area contributed by atoms with Gasteiger partial charge in [0, 0.05) is 16.0 Å². The van der Waals surface area contributed by atoms with Crippen LogP contribution >= 0.6 is 11.3 Å². The fraction of sp³-hybridized carbons (Fsp3) is 0.478. The number of thiophene rings is 1. The number of ether oxygens (including phenoxy) is 1. The molecule has 0 spiro atoms. The zero-order valence-electron chi connectivity index (χ0n) is 17.7. The molecule has 1 aliphatic carbocycles. The number of hydrogen-bond acceptors (Lipinski definition) is 4. The number of carbonyl (C=O) groups is 2. The van der Waals surface area contributed by atoms with Gasteiger partial charge in [0.1, 0.15) is 10.8 Å². The molecule has 0 unspecified atom stereocenters. The quantitative estimate of drug-likeness (QED) is 0.621. The summed E-state index contributed by atoms with van der Waals surface area (Å²) in [5.41, 5.74) is 1.91. The van der Waals surface area contributed by atoms with Crippen LogP contribution in [0.5, 0.6) is 5.75 Å². The number of anilines is 2. The summed E-state index contributed by atoms with van der Waals surface area (Å²) >= 11 is 1.55. The van der Waals surface area contributed by atoms with Crippen molar-refractivity contribution in [3.63, 3.8) is 0 Å². The lowest BCUT2D eigenvalue weighted by atomic mass is 9.95. The molecule has 6 heteroatoms. The third-order valence-corrected chi connectivity index (χ3v) is 6.19. The number of carbonyl (C=O) groups excluding carboxylic acids is 2. The maximum atomic E-state index is 13.2. The highest BCUT2D eigenvalue weighted by Crippen LogP contribution is 2.38. The van der Waals surface area contributed by atoms with Gasteiger partial charge in [0.05, 0.1) is 12.2 Å². The molecule has 0 aliphatic heterocycles. The van der Waals surface area contributed by atoms with Crippen LogP contribution < -0.4 is 15.4 Å². The van der Waals surface area contributed by atoms with E-state index >= 15 is 0 Å². The summed E-state index contributed by atoms with van der Waals surface area (Å²) in [6.07, 6.45) is 5.21. The molecule has 0 radical (unpaired) electrons. The van der Waals surface area contributed by atoms with E-state index in [1.165, 1.54) is 11.3 Å². The van der Waals surface area contributed by atoms with E-state index in [-0.39, 0.29) is 11.8 Å². The monoisotopic (exact) mass is 414 g/mol. The predicted molar refractivity (Wildman–Crippen MR) is 119 cm³/mol. The van der Waals surface area contributed by atoms with Crippen molar-refractivity contribution in [1.82, 2.24) is 0 Å². The smallest absolute Gasteiger partial charge is 0.258 e. The van der Waals surface area contributed by atoms with E-state index in [1.54, 1.807) is 11.3 Å². The van der Waals surface area contributed by atoms with Crippen LogP contribution in [0.1, 0.15) is 67.8 Å². The van der Waals surface area contributed by atoms with Crippen molar-refractivity contribution < 1.29 is 14.3 Å². The summed E-state index contributed by atoms with van der Waals surface area (Å²) in [6.45, 7) is 8.16. The molecule has 2 N–H and O–H groups in total. The van der Waals surface area contributed by atoms with Crippen molar-refractivity contribution in [3.05, 3.63) is 40.3 Å². The minimum Gasteiger partial charge on any atom is -0.494 e. The van der Waals surface area contributed by atoms with Gasteiger partial charge in [0.2, 0.25) is 5.91 Å². The Morgan fingerprint density at radius 1 is 1.03 bits per heavy atom. The zero-order valence-corrected chi connectivity index (χ0v) is 18.5. The predicted octanol–water partition coefficient (Wildman–Crippen LogP) is 5.65. The van der Waals surface area contributed by atoms with Crippen LogP contribution in [-0.4, -0.2) is 18.4 Å². The molecule has 2 aromatic rings. The Balaban J connectivity index is 1.89. The Kier molecular flexibility index (Phi) is 6.63. The van der Waals surface area contributed by atoms with Gasteiger partial charge in [0.25, 0.3) is 5.91 Å². The molecule has 0 saturated heterocycles. The number of rotatable bonds is 5. The van der Waals surface area contributed by atoms with Gasteiger partial charge in [-0.2, -0.15) is 0 Å². The second-order valence-corrected chi connectivity index (χ2v) is 9.49. The number of amides is 2. The van der Waals surface area contributed by atoms with E-state index < -0.39 is 5.41 Å². The standard InChI is InChI=1S/C23H30N2O3S/c1-5-28-16-13-11-15(12-14-16)24-20(26)19-17-9-7-6-8-10-18(17)29-21(19)25-22(27)23(2,3)4/h11-14H,5-10H2,1-4H3,(H,24,26)(H,25,27). The lowest BCUT2D eigenvalue weighted by Gasteiger charge is -2.18. The molecule has 0 bridgehead atoms. The summed E-state index contributed by atoms with van der Waals surface area (Å²) in [7, 11) is 0. The minimum absolute atomic E-state index is 0.0796. The number of nitrogens with one attached hydrogen (secondary N) is 2. The zero-order chi connectivity index (χ0) is 21.0. The second-order valence-electron chi connectivity index (χ2n) is 8.38. The molecule has 1 aliphatic rings. The van der Waals surface area contributed by atoms with Crippen molar-refractivity contribution in [2.75, 3.05) is 17.2 Å². The van der Waals surface area contributed by atoms with Crippen LogP contribution in [0.25, 0.3) is 0 Å². The van der Waals surface area contributed by atoms with E-state index in [1.807, 2.05) is 52.0 Å². The van der Waals surface area contributed by atoms with E-state index in [4.69, 9.17) is 4.74 Å². The van der Waals surface area contributed by atoms with E-state index in [2.05, 4.69) is 10.6 Å². The van der Waals surface area contributed by atoms with Gasteiger partial charge >= 0.3 is 0 Å². The molecular weight excluding hydrogens is 384 g/mol. The van der Waals surface area contributed by atoms with Crippen LogP contribution in [0.15, 0.2) is 24.3 Å². The topological polar surface area (TPSA) is 67.4 Å². The van der Waals surface area contributed by atoms with Gasteiger partial charge in [-0.05, 0) is 62.4 Å². The maximum Gasteiger partial charge on any atom is 0.258 e. The lowest BCUT2D eigenvalue weighted by Crippen LogP contribution is -2.28. The fourth-order valence-corrected chi connectivity index (χ4v) is 4.64.